The molecule has 5 rings (SSSR count). The molecule has 0 spiro atoms. The molecule has 5 atom stereocenters. The van der Waals surface area contributed by atoms with E-state index in [2.05, 4.69) is 51.8 Å². The van der Waals surface area contributed by atoms with Crippen LogP contribution in [0.15, 0.2) is 78.3 Å². The Kier molecular flexibility index (Phi) is 17.0. The summed E-state index contributed by atoms with van der Waals surface area (Å²) in [6.07, 6.45) is 5.36. The summed E-state index contributed by atoms with van der Waals surface area (Å²) in [4.78, 5) is 109. The number of carbonyl (C=O) groups is 7. The zero-order valence-corrected chi connectivity index (χ0v) is 34.3. The number of aromatic amines is 2. The number of nitrogens with two attached hydrogens (primary N) is 3. The van der Waals surface area contributed by atoms with Gasteiger partial charge in [0, 0.05) is 74.2 Å². The summed E-state index contributed by atoms with van der Waals surface area (Å²) in [7, 11) is 0. The second-order valence-electron chi connectivity index (χ2n) is 15.1. The molecule has 2 aromatic carbocycles. The van der Waals surface area contributed by atoms with Crippen molar-refractivity contribution in [2.75, 3.05) is 13.1 Å². The lowest BCUT2D eigenvalue weighted by Crippen LogP contribution is -2.59. The molecule has 62 heavy (non-hydrogen) atoms. The van der Waals surface area contributed by atoms with Crippen LogP contribution >= 0.6 is 0 Å². The molecule has 1 aliphatic rings. The molecular weight excluding hydrogens is 799 g/mol. The molecule has 2 aromatic heterocycles. The quantitative estimate of drug-likeness (QED) is 0.0495. The molecule has 0 saturated carbocycles. The van der Waals surface area contributed by atoms with Gasteiger partial charge in [-0.1, -0.05) is 48.5 Å². The molecule has 1 saturated heterocycles. The highest BCUT2D eigenvalue weighted by molar-refractivity contribution is 5.97. The first-order chi connectivity index (χ1) is 29.9. The van der Waals surface area contributed by atoms with Gasteiger partial charge in [-0.25, -0.2) is 4.98 Å². The van der Waals surface area contributed by atoms with Crippen molar-refractivity contribution in [2.45, 2.75) is 94.4 Å². The van der Waals surface area contributed by atoms with E-state index in [-0.39, 0.29) is 70.4 Å². The third kappa shape index (κ3) is 14.2. The van der Waals surface area contributed by atoms with E-state index in [1.807, 2.05) is 24.3 Å². The summed E-state index contributed by atoms with van der Waals surface area (Å²) in [5, 5.41) is 17.3. The normalized spacial score (nSPS) is 21.6. The number of imidazole rings is 1. The van der Waals surface area contributed by atoms with E-state index in [4.69, 9.17) is 17.2 Å². The predicted octanol–water partition coefficient (Wildman–Crippen LogP) is -1.04. The van der Waals surface area contributed by atoms with Crippen LogP contribution in [0.1, 0.15) is 61.8 Å². The Morgan fingerprint density at radius 1 is 0.694 bits per heavy atom. The van der Waals surface area contributed by atoms with Crippen LogP contribution in [0.25, 0.3) is 10.9 Å². The van der Waals surface area contributed by atoms with E-state index in [9.17, 15) is 33.6 Å². The Bertz CT molecular complexity index is 2190. The second-order valence-corrected chi connectivity index (χ2v) is 15.1. The third-order valence-electron chi connectivity index (χ3n) is 10.3. The molecule has 0 aliphatic carbocycles. The van der Waals surface area contributed by atoms with Gasteiger partial charge in [-0.2, -0.15) is 0 Å². The van der Waals surface area contributed by atoms with Crippen molar-refractivity contribution < 1.29 is 33.6 Å². The number of H-pyrrole nitrogens is 2. The van der Waals surface area contributed by atoms with Gasteiger partial charge in [0.25, 0.3) is 0 Å². The summed E-state index contributed by atoms with van der Waals surface area (Å²) >= 11 is 0. The number of rotatable bonds is 11. The largest absolute Gasteiger partial charge is 0.370 e. The molecule has 20 heteroatoms. The van der Waals surface area contributed by atoms with Gasteiger partial charge in [0.05, 0.1) is 6.33 Å². The van der Waals surface area contributed by atoms with Crippen LogP contribution in [0.3, 0.4) is 0 Å². The molecule has 1 fully saturated rings. The predicted molar refractivity (Wildman–Crippen MR) is 229 cm³/mol. The van der Waals surface area contributed by atoms with E-state index in [0.717, 1.165) is 10.9 Å². The Labute approximate surface area is 357 Å². The lowest BCUT2D eigenvalue weighted by molar-refractivity contribution is -0.135. The number of guanidine groups is 1. The van der Waals surface area contributed by atoms with Crippen molar-refractivity contribution in [3.8, 4) is 0 Å². The number of hydrogen-bond donors (Lipinski definition) is 11. The van der Waals surface area contributed by atoms with Gasteiger partial charge in [0.2, 0.25) is 41.4 Å². The first kappa shape index (κ1) is 45.8. The topological polar surface area (TPSA) is 327 Å². The van der Waals surface area contributed by atoms with Crippen LogP contribution in [0.2, 0.25) is 0 Å². The number of aromatic nitrogens is 3. The monoisotopic (exact) mass is 853 g/mol. The summed E-state index contributed by atoms with van der Waals surface area (Å²) in [6.45, 7) is 0.334. The van der Waals surface area contributed by atoms with Crippen molar-refractivity contribution in [3.05, 3.63) is 90.1 Å². The van der Waals surface area contributed by atoms with Crippen LogP contribution in [0, 0.1) is 0 Å². The van der Waals surface area contributed by atoms with E-state index >= 15 is 0 Å². The van der Waals surface area contributed by atoms with Crippen LogP contribution in [-0.2, 0) is 52.8 Å². The number of benzene rings is 2. The maximum absolute atomic E-state index is 14.4. The van der Waals surface area contributed by atoms with Crippen LogP contribution in [0.4, 0.5) is 0 Å². The second kappa shape index (κ2) is 22.9. The molecule has 4 aromatic rings. The SMILES string of the molecule is NC(=O)[C@@H]1CCCCNC(=O)CCC(=O)N[C@@H](Cc2cnc[nH]2)C(=O)NC(Cc2ccccc2)C(=O)NC(CCCN=C(N)N)C(=O)NC(Cc2c[nH]c3ccccc23)C(=O)N1. The van der Waals surface area contributed by atoms with Crippen molar-refractivity contribution in [1.82, 2.24) is 46.9 Å². The maximum Gasteiger partial charge on any atom is 0.243 e. The van der Waals surface area contributed by atoms with Gasteiger partial charge < -0.3 is 59.1 Å². The van der Waals surface area contributed by atoms with Crippen LogP contribution in [0.5, 0.6) is 0 Å². The minimum atomic E-state index is -1.27. The maximum atomic E-state index is 14.4. The standard InChI is InChI=1S/C42H55N13O7/c43-37(58)30-13-6-7-17-47-35(56)15-16-36(57)51-34(21-27-23-46-24-50-27)41(62)54-32(19-25-9-2-1-3-10-25)39(60)53-31(14-8-18-48-42(44)45)38(59)55-33(40(61)52-30)20-26-22-49-29-12-5-4-11-28(26)29/h1-5,9-12,22-24,30-34,49H,6-8,13-21H2,(H2,43,58)(H,46,50)(H,47,56)(H,51,57)(H,52,61)(H,53,60)(H,54,62)(H,55,59)(H4,44,45,48)/t30-,31?,32?,33?,34-/m0/s1. The van der Waals surface area contributed by atoms with Gasteiger partial charge in [0.15, 0.2) is 5.96 Å². The van der Waals surface area contributed by atoms with Gasteiger partial charge in [0.1, 0.15) is 30.2 Å². The third-order valence-corrected chi connectivity index (χ3v) is 10.3. The summed E-state index contributed by atoms with van der Waals surface area (Å²) in [6, 6.07) is 10.2. The molecule has 14 N–H and O–H groups in total. The number of aliphatic imine (C=N–C) groups is 1. The zero-order chi connectivity index (χ0) is 44.4. The first-order valence-corrected chi connectivity index (χ1v) is 20.5. The highest BCUT2D eigenvalue weighted by Crippen LogP contribution is 2.20. The first-order valence-electron chi connectivity index (χ1n) is 20.5. The average molecular weight is 854 g/mol. The van der Waals surface area contributed by atoms with Crippen molar-refractivity contribution in [1.29, 1.82) is 0 Å². The Morgan fingerprint density at radius 3 is 2.05 bits per heavy atom. The van der Waals surface area contributed by atoms with Crippen molar-refractivity contribution >= 4 is 58.2 Å². The molecule has 3 heterocycles. The highest BCUT2D eigenvalue weighted by atomic mass is 16.2. The lowest BCUT2D eigenvalue weighted by Gasteiger charge is -2.27. The van der Waals surface area contributed by atoms with Crippen molar-refractivity contribution in [2.24, 2.45) is 22.2 Å². The van der Waals surface area contributed by atoms with Gasteiger partial charge in [-0.3, -0.25) is 38.6 Å². The average Bonchev–Trinajstić information content (AvgIpc) is 3.92. The fourth-order valence-electron chi connectivity index (χ4n) is 7.04. The summed E-state index contributed by atoms with van der Waals surface area (Å²) in [5.74, 6) is -4.82. The molecule has 330 valence electrons. The number of nitrogens with one attached hydrogen (secondary N) is 8. The fraction of sp³-hybridized carbons (Fsp3) is 0.405. The van der Waals surface area contributed by atoms with Crippen LogP contribution in [-0.4, -0.2) is 106 Å². The zero-order valence-electron chi connectivity index (χ0n) is 34.3. The number of fused-ring (bicyclic) bond motifs is 1. The molecular formula is C42H55N13O7. The Balaban J connectivity index is 1.49. The van der Waals surface area contributed by atoms with E-state index in [1.165, 1.54) is 12.5 Å². The fourth-order valence-corrected chi connectivity index (χ4v) is 7.04. The van der Waals surface area contributed by atoms with Crippen molar-refractivity contribution in [3.63, 3.8) is 0 Å². The molecule has 7 amide bonds. The molecule has 3 unspecified atom stereocenters. The highest BCUT2D eigenvalue weighted by Gasteiger charge is 2.33. The summed E-state index contributed by atoms with van der Waals surface area (Å²) in [5.41, 5.74) is 19.5. The number of carbonyl (C=O) groups excluding carboxylic acids is 7. The molecule has 0 radical (unpaired) electrons. The Hall–Kier alpha value is -7.25. The smallest absolute Gasteiger partial charge is 0.243 e. The molecule has 20 nitrogen and oxygen atoms in total. The van der Waals surface area contributed by atoms with Gasteiger partial charge in [-0.05, 0) is 49.3 Å². The van der Waals surface area contributed by atoms with E-state index < -0.39 is 71.6 Å². The Morgan fingerprint density at radius 2 is 1.34 bits per heavy atom. The minimum absolute atomic E-state index is 0.00819. The number of hydrogen-bond acceptors (Lipinski definition) is 9. The number of para-hydroxylation sites is 1. The van der Waals surface area contributed by atoms with E-state index in [1.54, 1.807) is 36.5 Å². The van der Waals surface area contributed by atoms with E-state index in [0.29, 0.717) is 29.7 Å². The minimum Gasteiger partial charge on any atom is -0.370 e. The van der Waals surface area contributed by atoms with Gasteiger partial charge >= 0.3 is 0 Å². The lowest BCUT2D eigenvalue weighted by atomic mass is 10.0. The summed E-state index contributed by atoms with van der Waals surface area (Å²) < 4.78 is 0. The number of primary amides is 1. The molecule has 1 aliphatic heterocycles. The number of amides is 7. The van der Waals surface area contributed by atoms with Crippen LogP contribution < -0.4 is 49.1 Å². The van der Waals surface area contributed by atoms with Gasteiger partial charge in [-0.15, -0.1) is 0 Å². The number of nitrogens with zero attached hydrogens (tertiary/aromatic N) is 2. The molecule has 0 bridgehead atoms.